The molecular formula is C20H21FN2O5S. The summed E-state index contributed by atoms with van der Waals surface area (Å²) >= 11 is 0. The van der Waals surface area contributed by atoms with Gasteiger partial charge in [-0.25, -0.2) is 17.6 Å². The number of piperidine rings is 1. The smallest absolute Gasteiger partial charge is 0.339 e. The second-order valence-corrected chi connectivity index (χ2v) is 8.60. The second kappa shape index (κ2) is 8.71. The molecule has 1 fully saturated rings. The predicted octanol–water partition coefficient (Wildman–Crippen LogP) is 2.65. The van der Waals surface area contributed by atoms with Crippen LogP contribution in [0.15, 0.2) is 53.4 Å². The van der Waals surface area contributed by atoms with Gasteiger partial charge < -0.3 is 10.1 Å². The maximum absolute atomic E-state index is 13.1. The van der Waals surface area contributed by atoms with E-state index < -0.39 is 21.8 Å². The second-order valence-electron chi connectivity index (χ2n) is 6.66. The van der Waals surface area contributed by atoms with E-state index in [2.05, 4.69) is 5.32 Å². The van der Waals surface area contributed by atoms with Crippen molar-refractivity contribution in [3.8, 4) is 0 Å². The molecule has 7 nitrogen and oxygen atoms in total. The fourth-order valence-corrected chi connectivity index (χ4v) is 4.70. The van der Waals surface area contributed by atoms with Crippen LogP contribution in [0.1, 0.15) is 23.2 Å². The van der Waals surface area contributed by atoms with Crippen molar-refractivity contribution in [2.45, 2.75) is 17.7 Å². The number of carbonyl (C=O) groups is 2. The Morgan fingerprint density at radius 2 is 1.69 bits per heavy atom. The molecule has 0 saturated carbocycles. The van der Waals surface area contributed by atoms with Gasteiger partial charge in [0.25, 0.3) is 0 Å². The van der Waals surface area contributed by atoms with Crippen molar-refractivity contribution in [3.05, 3.63) is 59.9 Å². The van der Waals surface area contributed by atoms with Crippen LogP contribution < -0.4 is 5.32 Å². The number of esters is 1. The van der Waals surface area contributed by atoms with E-state index in [0.717, 1.165) is 12.1 Å². The van der Waals surface area contributed by atoms with Crippen molar-refractivity contribution >= 4 is 27.6 Å². The average Bonchev–Trinajstić information content (AvgIpc) is 2.74. The highest BCUT2D eigenvalue weighted by atomic mass is 32.2. The van der Waals surface area contributed by atoms with Crippen LogP contribution >= 0.6 is 0 Å². The fraction of sp³-hybridized carbons (Fsp3) is 0.300. The molecule has 1 aliphatic rings. The number of carbonyl (C=O) groups excluding carboxylic acids is 2. The molecule has 9 heteroatoms. The number of hydrogen-bond donors (Lipinski definition) is 1. The third kappa shape index (κ3) is 4.63. The highest BCUT2D eigenvalue weighted by Gasteiger charge is 2.32. The molecule has 0 unspecified atom stereocenters. The Hall–Kier alpha value is -2.78. The summed E-state index contributed by atoms with van der Waals surface area (Å²) in [6.07, 6.45) is 0.680. The van der Waals surface area contributed by atoms with Gasteiger partial charge in [-0.15, -0.1) is 0 Å². The number of nitrogens with zero attached hydrogens (tertiary/aromatic N) is 1. The van der Waals surface area contributed by atoms with Crippen LogP contribution in [0.2, 0.25) is 0 Å². The molecule has 1 N–H and O–H groups in total. The number of hydrogen-bond acceptors (Lipinski definition) is 5. The minimum atomic E-state index is -3.73. The number of halogens is 1. The lowest BCUT2D eigenvalue weighted by Crippen LogP contribution is -2.41. The molecule has 29 heavy (non-hydrogen) atoms. The third-order valence-corrected chi connectivity index (χ3v) is 6.78. The number of rotatable bonds is 5. The van der Waals surface area contributed by atoms with E-state index in [0.29, 0.717) is 18.5 Å². The lowest BCUT2D eigenvalue weighted by Gasteiger charge is -2.30. The molecule has 0 bridgehead atoms. The molecule has 2 aromatic carbocycles. The van der Waals surface area contributed by atoms with Gasteiger partial charge in [-0.3, -0.25) is 4.79 Å². The number of amides is 1. The predicted molar refractivity (Wildman–Crippen MR) is 104 cm³/mol. The molecule has 1 heterocycles. The molecule has 2 aromatic rings. The zero-order valence-electron chi connectivity index (χ0n) is 15.8. The maximum Gasteiger partial charge on any atom is 0.339 e. The van der Waals surface area contributed by atoms with E-state index in [1.165, 1.54) is 23.5 Å². The van der Waals surface area contributed by atoms with Crippen LogP contribution in [-0.2, 0) is 19.6 Å². The SMILES string of the molecule is COC(=O)c1ccccc1NC(=O)C1CCN(S(=O)(=O)c2ccc(F)cc2)CC1. The van der Waals surface area contributed by atoms with Crippen molar-refractivity contribution in [2.75, 3.05) is 25.5 Å². The topological polar surface area (TPSA) is 92.8 Å². The summed E-state index contributed by atoms with van der Waals surface area (Å²) in [4.78, 5) is 24.5. The first-order valence-electron chi connectivity index (χ1n) is 9.07. The van der Waals surface area contributed by atoms with Crippen molar-refractivity contribution < 1.29 is 27.1 Å². The van der Waals surface area contributed by atoms with Crippen molar-refractivity contribution in [1.29, 1.82) is 0 Å². The summed E-state index contributed by atoms with van der Waals surface area (Å²) in [6.45, 7) is 0.354. The quantitative estimate of drug-likeness (QED) is 0.751. The largest absolute Gasteiger partial charge is 0.465 e. The summed E-state index contributed by atoms with van der Waals surface area (Å²) in [6, 6.07) is 11.2. The van der Waals surface area contributed by atoms with E-state index in [1.54, 1.807) is 24.3 Å². The van der Waals surface area contributed by atoms with Crippen LogP contribution in [0, 0.1) is 11.7 Å². The Morgan fingerprint density at radius 3 is 2.31 bits per heavy atom. The minimum Gasteiger partial charge on any atom is -0.465 e. The molecule has 0 aliphatic carbocycles. The van der Waals surface area contributed by atoms with E-state index in [-0.39, 0.29) is 35.4 Å². The lowest BCUT2D eigenvalue weighted by molar-refractivity contribution is -0.120. The molecule has 3 rings (SSSR count). The molecular weight excluding hydrogens is 399 g/mol. The average molecular weight is 420 g/mol. The molecule has 1 amide bonds. The summed E-state index contributed by atoms with van der Waals surface area (Å²) in [5.41, 5.74) is 0.602. The summed E-state index contributed by atoms with van der Waals surface area (Å²) in [5.74, 6) is -1.73. The number of nitrogens with one attached hydrogen (secondary N) is 1. The van der Waals surface area contributed by atoms with Crippen LogP contribution in [0.5, 0.6) is 0 Å². The first kappa shape index (κ1) is 20.9. The Bertz CT molecular complexity index is 1000. The van der Waals surface area contributed by atoms with Gasteiger partial charge in [-0.2, -0.15) is 4.31 Å². The lowest BCUT2D eigenvalue weighted by atomic mass is 9.97. The van der Waals surface area contributed by atoms with Crippen LogP contribution in [-0.4, -0.2) is 44.8 Å². The number of ether oxygens (including phenoxy) is 1. The maximum atomic E-state index is 13.1. The molecule has 1 saturated heterocycles. The summed E-state index contributed by atoms with van der Waals surface area (Å²) in [5, 5.41) is 2.74. The molecule has 1 aliphatic heterocycles. The fourth-order valence-electron chi connectivity index (χ4n) is 3.23. The zero-order chi connectivity index (χ0) is 21.0. The minimum absolute atomic E-state index is 0.0220. The number of anilines is 1. The normalized spacial score (nSPS) is 15.7. The highest BCUT2D eigenvalue weighted by Crippen LogP contribution is 2.26. The monoisotopic (exact) mass is 420 g/mol. The van der Waals surface area contributed by atoms with Crippen molar-refractivity contribution in [3.63, 3.8) is 0 Å². The van der Waals surface area contributed by atoms with Crippen LogP contribution in [0.25, 0.3) is 0 Å². The number of benzene rings is 2. The van der Waals surface area contributed by atoms with Gasteiger partial charge in [0.15, 0.2) is 0 Å². The number of methoxy groups -OCH3 is 1. The Morgan fingerprint density at radius 1 is 1.07 bits per heavy atom. The Balaban J connectivity index is 1.64. The van der Waals surface area contributed by atoms with Gasteiger partial charge in [0.2, 0.25) is 15.9 Å². The number of sulfonamides is 1. The van der Waals surface area contributed by atoms with Crippen molar-refractivity contribution in [2.24, 2.45) is 5.92 Å². The Kier molecular flexibility index (Phi) is 6.29. The summed E-state index contributed by atoms with van der Waals surface area (Å²) < 4.78 is 44.4. The molecule has 154 valence electrons. The number of para-hydroxylation sites is 1. The van der Waals surface area contributed by atoms with Gasteiger partial charge >= 0.3 is 5.97 Å². The first-order chi connectivity index (χ1) is 13.8. The van der Waals surface area contributed by atoms with Crippen molar-refractivity contribution in [1.82, 2.24) is 4.31 Å². The van der Waals surface area contributed by atoms with Gasteiger partial charge in [-0.1, -0.05) is 12.1 Å². The van der Waals surface area contributed by atoms with Gasteiger partial charge in [0.05, 0.1) is 23.3 Å². The standard InChI is InChI=1S/C20H21FN2O5S/c1-28-20(25)17-4-2-3-5-18(17)22-19(24)14-10-12-23(13-11-14)29(26,27)16-8-6-15(21)7-9-16/h2-9,14H,10-13H2,1H3,(H,22,24). The van der Waals surface area contributed by atoms with E-state index >= 15 is 0 Å². The molecule has 0 radical (unpaired) electrons. The van der Waals surface area contributed by atoms with Gasteiger partial charge in [-0.05, 0) is 49.2 Å². The van der Waals surface area contributed by atoms with Crippen LogP contribution in [0.4, 0.5) is 10.1 Å². The highest BCUT2D eigenvalue weighted by molar-refractivity contribution is 7.89. The Labute approximate surface area is 168 Å². The molecule has 0 spiro atoms. The van der Waals surface area contributed by atoms with E-state index in [1.807, 2.05) is 0 Å². The van der Waals surface area contributed by atoms with E-state index in [9.17, 15) is 22.4 Å². The van der Waals surface area contributed by atoms with Crippen LogP contribution in [0.3, 0.4) is 0 Å². The van der Waals surface area contributed by atoms with Gasteiger partial charge in [0, 0.05) is 19.0 Å². The van der Waals surface area contributed by atoms with Gasteiger partial charge in [0.1, 0.15) is 5.82 Å². The molecule has 0 atom stereocenters. The summed E-state index contributed by atoms with van der Waals surface area (Å²) in [7, 11) is -2.47. The van der Waals surface area contributed by atoms with E-state index in [4.69, 9.17) is 4.74 Å². The molecule has 0 aromatic heterocycles. The first-order valence-corrected chi connectivity index (χ1v) is 10.5. The third-order valence-electron chi connectivity index (χ3n) is 4.87. The zero-order valence-corrected chi connectivity index (χ0v) is 16.6.